The lowest BCUT2D eigenvalue weighted by Gasteiger charge is -2.20. The average Bonchev–Trinajstić information content (AvgIpc) is 2.73. The number of carbonyl (C=O) groups is 2. The SMILES string of the molecule is Cc1cc(Br)ccc1C(=O)N1CCC(N)(C(=O)O)C1. The summed E-state index contributed by atoms with van der Waals surface area (Å²) in [6.07, 6.45) is 0.281. The van der Waals surface area contributed by atoms with Crippen LogP contribution < -0.4 is 5.73 Å². The molecule has 1 aliphatic heterocycles. The van der Waals surface area contributed by atoms with Gasteiger partial charge in [-0.05, 0) is 37.1 Å². The van der Waals surface area contributed by atoms with Crippen molar-refractivity contribution in [1.29, 1.82) is 0 Å². The van der Waals surface area contributed by atoms with Gasteiger partial charge in [0.15, 0.2) is 0 Å². The van der Waals surface area contributed by atoms with Crippen molar-refractivity contribution in [3.05, 3.63) is 33.8 Å². The molecule has 19 heavy (non-hydrogen) atoms. The van der Waals surface area contributed by atoms with Crippen LogP contribution in [0.1, 0.15) is 22.3 Å². The summed E-state index contributed by atoms with van der Waals surface area (Å²) >= 11 is 3.34. The molecule has 6 heteroatoms. The molecule has 1 unspecified atom stereocenters. The first kappa shape index (κ1) is 14.0. The number of rotatable bonds is 2. The number of aryl methyl sites for hydroxylation is 1. The minimum absolute atomic E-state index is 0.0523. The zero-order valence-electron chi connectivity index (χ0n) is 10.5. The summed E-state index contributed by atoms with van der Waals surface area (Å²) in [5.74, 6) is -1.23. The summed E-state index contributed by atoms with van der Waals surface area (Å²) < 4.78 is 0.904. The van der Waals surface area contributed by atoms with Gasteiger partial charge < -0.3 is 15.7 Å². The number of hydrogen-bond acceptors (Lipinski definition) is 3. The minimum atomic E-state index is -1.32. The number of benzene rings is 1. The van der Waals surface area contributed by atoms with Crippen LogP contribution in [0, 0.1) is 6.92 Å². The van der Waals surface area contributed by atoms with Crippen molar-refractivity contribution in [2.24, 2.45) is 5.73 Å². The molecule has 5 nitrogen and oxygen atoms in total. The normalized spacial score (nSPS) is 22.6. The van der Waals surface area contributed by atoms with E-state index in [1.54, 1.807) is 12.1 Å². The molecule has 0 aliphatic carbocycles. The number of nitrogens with zero attached hydrogens (tertiary/aromatic N) is 1. The van der Waals surface area contributed by atoms with Gasteiger partial charge >= 0.3 is 5.97 Å². The summed E-state index contributed by atoms with van der Waals surface area (Å²) in [5, 5.41) is 9.06. The van der Waals surface area contributed by atoms with E-state index in [-0.39, 0.29) is 18.9 Å². The predicted octanol–water partition coefficient (Wildman–Crippen LogP) is 1.39. The molecule has 0 radical (unpaired) electrons. The molecule has 0 saturated carbocycles. The van der Waals surface area contributed by atoms with Gasteiger partial charge in [0.1, 0.15) is 5.54 Å². The molecule has 1 aromatic rings. The Balaban J connectivity index is 2.20. The van der Waals surface area contributed by atoms with E-state index in [1.807, 2.05) is 13.0 Å². The van der Waals surface area contributed by atoms with Crippen LogP contribution in [0.5, 0.6) is 0 Å². The van der Waals surface area contributed by atoms with Gasteiger partial charge in [-0.3, -0.25) is 9.59 Å². The first-order valence-corrected chi connectivity index (χ1v) is 6.70. The second-order valence-corrected chi connectivity index (χ2v) is 5.81. The molecular formula is C13H15BrN2O3. The van der Waals surface area contributed by atoms with Crippen LogP contribution in [0.3, 0.4) is 0 Å². The molecular weight excluding hydrogens is 312 g/mol. The maximum atomic E-state index is 12.4. The van der Waals surface area contributed by atoms with Crippen LogP contribution in [0.2, 0.25) is 0 Å². The van der Waals surface area contributed by atoms with E-state index in [4.69, 9.17) is 10.8 Å². The highest BCUT2D eigenvalue weighted by atomic mass is 79.9. The standard InChI is InChI=1S/C13H15BrN2O3/c1-8-6-9(14)2-3-10(8)11(17)16-5-4-13(15,7-16)12(18)19/h2-3,6H,4-5,7,15H2,1H3,(H,18,19). The zero-order valence-corrected chi connectivity index (χ0v) is 12.1. The van der Waals surface area contributed by atoms with Crippen LogP contribution in [-0.2, 0) is 4.79 Å². The largest absolute Gasteiger partial charge is 0.480 e. The van der Waals surface area contributed by atoms with E-state index in [0.29, 0.717) is 12.1 Å². The summed E-state index contributed by atoms with van der Waals surface area (Å²) in [7, 11) is 0. The first-order valence-electron chi connectivity index (χ1n) is 5.91. The van der Waals surface area contributed by atoms with Crippen molar-refractivity contribution in [2.45, 2.75) is 18.9 Å². The monoisotopic (exact) mass is 326 g/mol. The van der Waals surface area contributed by atoms with Crippen molar-refractivity contribution in [3.63, 3.8) is 0 Å². The van der Waals surface area contributed by atoms with Crippen LogP contribution >= 0.6 is 15.9 Å². The van der Waals surface area contributed by atoms with Gasteiger partial charge in [0, 0.05) is 23.1 Å². The van der Waals surface area contributed by atoms with Crippen molar-refractivity contribution < 1.29 is 14.7 Å². The highest BCUT2D eigenvalue weighted by Gasteiger charge is 2.43. The Morgan fingerprint density at radius 3 is 2.68 bits per heavy atom. The van der Waals surface area contributed by atoms with Gasteiger partial charge in [-0.2, -0.15) is 0 Å². The van der Waals surface area contributed by atoms with Crippen LogP contribution in [0.25, 0.3) is 0 Å². The Bertz CT molecular complexity index is 547. The first-order chi connectivity index (χ1) is 8.83. The Morgan fingerprint density at radius 2 is 2.16 bits per heavy atom. The summed E-state index contributed by atoms with van der Waals surface area (Å²) in [6, 6.07) is 5.39. The molecule has 0 bridgehead atoms. The maximum Gasteiger partial charge on any atom is 0.325 e. The Kier molecular flexibility index (Phi) is 3.64. The topological polar surface area (TPSA) is 83.6 Å². The number of carboxylic acid groups (broad SMARTS) is 1. The molecule has 3 N–H and O–H groups in total. The van der Waals surface area contributed by atoms with Crippen molar-refractivity contribution in [1.82, 2.24) is 4.90 Å². The van der Waals surface area contributed by atoms with Gasteiger partial charge in [-0.15, -0.1) is 0 Å². The predicted molar refractivity (Wildman–Crippen MR) is 74.0 cm³/mol. The Hall–Kier alpha value is -1.40. The number of halogens is 1. The maximum absolute atomic E-state index is 12.4. The Labute approximate surface area is 119 Å². The third-order valence-electron chi connectivity index (χ3n) is 3.43. The van der Waals surface area contributed by atoms with Gasteiger partial charge in [0.25, 0.3) is 5.91 Å². The lowest BCUT2D eigenvalue weighted by Crippen LogP contribution is -2.50. The van der Waals surface area contributed by atoms with Gasteiger partial charge in [0.05, 0.1) is 0 Å². The molecule has 1 heterocycles. The van der Waals surface area contributed by atoms with Gasteiger partial charge in [0.2, 0.25) is 0 Å². The van der Waals surface area contributed by atoms with Gasteiger partial charge in [-0.25, -0.2) is 0 Å². The number of aliphatic carboxylic acids is 1. The lowest BCUT2D eigenvalue weighted by atomic mass is 10.0. The average molecular weight is 327 g/mol. The third-order valence-corrected chi connectivity index (χ3v) is 3.93. The number of amides is 1. The van der Waals surface area contributed by atoms with E-state index in [2.05, 4.69) is 15.9 Å². The van der Waals surface area contributed by atoms with Crippen molar-refractivity contribution in [2.75, 3.05) is 13.1 Å². The van der Waals surface area contributed by atoms with E-state index in [0.717, 1.165) is 10.0 Å². The van der Waals surface area contributed by atoms with Crippen LogP contribution in [0.4, 0.5) is 0 Å². The number of likely N-dealkylation sites (tertiary alicyclic amines) is 1. The quantitative estimate of drug-likeness (QED) is 0.860. The fraction of sp³-hybridized carbons (Fsp3) is 0.385. The molecule has 2 rings (SSSR count). The molecule has 1 amide bonds. The van der Waals surface area contributed by atoms with E-state index >= 15 is 0 Å². The van der Waals surface area contributed by atoms with Crippen LogP contribution in [0.15, 0.2) is 22.7 Å². The van der Waals surface area contributed by atoms with Gasteiger partial charge in [-0.1, -0.05) is 15.9 Å². The summed E-state index contributed by atoms with van der Waals surface area (Å²) in [6.45, 7) is 2.27. The zero-order chi connectivity index (χ0) is 14.2. The fourth-order valence-corrected chi connectivity index (χ4v) is 2.69. The molecule has 1 aromatic carbocycles. The number of carboxylic acids is 1. The lowest BCUT2D eigenvalue weighted by molar-refractivity contribution is -0.142. The molecule has 1 aliphatic rings. The molecule has 0 aromatic heterocycles. The highest BCUT2D eigenvalue weighted by molar-refractivity contribution is 9.10. The summed E-state index contributed by atoms with van der Waals surface area (Å²) in [5.41, 5.74) is 5.88. The Morgan fingerprint density at radius 1 is 1.47 bits per heavy atom. The van der Waals surface area contributed by atoms with E-state index in [9.17, 15) is 9.59 Å². The molecule has 1 fully saturated rings. The third kappa shape index (κ3) is 2.64. The number of hydrogen-bond donors (Lipinski definition) is 2. The molecule has 1 atom stereocenters. The van der Waals surface area contributed by atoms with Crippen molar-refractivity contribution in [3.8, 4) is 0 Å². The van der Waals surface area contributed by atoms with E-state index in [1.165, 1.54) is 4.90 Å². The van der Waals surface area contributed by atoms with Crippen molar-refractivity contribution >= 4 is 27.8 Å². The fourth-order valence-electron chi connectivity index (χ4n) is 2.22. The minimum Gasteiger partial charge on any atom is -0.480 e. The second kappa shape index (κ2) is 4.94. The molecule has 1 saturated heterocycles. The molecule has 102 valence electrons. The van der Waals surface area contributed by atoms with E-state index < -0.39 is 11.5 Å². The number of carbonyl (C=O) groups excluding carboxylic acids is 1. The highest BCUT2D eigenvalue weighted by Crippen LogP contribution is 2.23. The molecule has 0 spiro atoms. The number of nitrogens with two attached hydrogens (primary N) is 1. The smallest absolute Gasteiger partial charge is 0.325 e. The summed E-state index contributed by atoms with van der Waals surface area (Å²) in [4.78, 5) is 24.9. The second-order valence-electron chi connectivity index (χ2n) is 4.90. The van der Waals surface area contributed by atoms with Crippen LogP contribution in [-0.4, -0.2) is 40.5 Å².